The van der Waals surface area contributed by atoms with Gasteiger partial charge in [0.05, 0.1) is 0 Å². The molecule has 0 amide bonds. The van der Waals surface area contributed by atoms with E-state index in [0.29, 0.717) is 5.90 Å². The van der Waals surface area contributed by atoms with Crippen LogP contribution in [-0.2, 0) is 14.3 Å². The summed E-state index contributed by atoms with van der Waals surface area (Å²) in [5.74, 6) is 2.48. The molecule has 0 saturated carbocycles. The van der Waals surface area contributed by atoms with Gasteiger partial charge in [0.1, 0.15) is 12.2 Å². The van der Waals surface area contributed by atoms with Gasteiger partial charge >= 0.3 is 5.97 Å². The molecule has 1 heterocycles. The zero-order valence-electron chi connectivity index (χ0n) is 12.6. The van der Waals surface area contributed by atoms with E-state index in [4.69, 9.17) is 15.9 Å². The van der Waals surface area contributed by atoms with E-state index in [1.54, 1.807) is 0 Å². The Morgan fingerprint density at radius 1 is 1.43 bits per heavy atom. The molecule has 1 aliphatic heterocycles. The van der Waals surface area contributed by atoms with Gasteiger partial charge in [-0.05, 0) is 32.9 Å². The van der Waals surface area contributed by atoms with Crippen molar-refractivity contribution in [2.75, 3.05) is 6.61 Å². The molecule has 4 heteroatoms. The van der Waals surface area contributed by atoms with E-state index in [1.807, 2.05) is 51.1 Å². The topological polar surface area (TPSA) is 47.9 Å². The van der Waals surface area contributed by atoms with Crippen LogP contribution in [0.3, 0.4) is 0 Å². The maximum absolute atomic E-state index is 12.4. The van der Waals surface area contributed by atoms with E-state index < -0.39 is 17.1 Å². The maximum atomic E-state index is 12.4. The van der Waals surface area contributed by atoms with Gasteiger partial charge in [-0.2, -0.15) is 0 Å². The highest BCUT2D eigenvalue weighted by Gasteiger charge is 2.46. The molecular weight excluding hydrogens is 266 g/mol. The van der Waals surface area contributed by atoms with Gasteiger partial charge in [-0.3, -0.25) is 0 Å². The molecule has 0 N–H and O–H groups in total. The van der Waals surface area contributed by atoms with Crippen molar-refractivity contribution >= 4 is 11.9 Å². The lowest BCUT2D eigenvalue weighted by atomic mass is 9.97. The predicted molar refractivity (Wildman–Crippen MR) is 81.0 cm³/mol. The van der Waals surface area contributed by atoms with E-state index in [1.165, 1.54) is 0 Å². The van der Waals surface area contributed by atoms with Crippen molar-refractivity contribution in [3.05, 3.63) is 35.9 Å². The van der Waals surface area contributed by atoms with Crippen LogP contribution in [0.2, 0.25) is 0 Å². The SMILES string of the molecule is C#CC[C@@]1(C(=O)OC(C)(C)C)COC(c2ccccc2)=N1. The van der Waals surface area contributed by atoms with Crippen molar-refractivity contribution in [2.45, 2.75) is 38.3 Å². The van der Waals surface area contributed by atoms with Crippen LogP contribution < -0.4 is 0 Å². The fourth-order valence-corrected chi connectivity index (χ4v) is 1.98. The second kappa shape index (κ2) is 5.61. The predicted octanol–water partition coefficient (Wildman–Crippen LogP) is 2.57. The van der Waals surface area contributed by atoms with Gasteiger partial charge in [-0.1, -0.05) is 18.2 Å². The summed E-state index contributed by atoms with van der Waals surface area (Å²) in [6, 6.07) is 9.42. The van der Waals surface area contributed by atoms with Crippen LogP contribution >= 0.6 is 0 Å². The maximum Gasteiger partial charge on any atom is 0.339 e. The normalized spacial score (nSPS) is 21.1. The Balaban J connectivity index is 2.31. The first kappa shape index (κ1) is 15.1. The van der Waals surface area contributed by atoms with Crippen molar-refractivity contribution in [2.24, 2.45) is 4.99 Å². The van der Waals surface area contributed by atoms with Crippen LogP contribution in [0.1, 0.15) is 32.8 Å². The smallest absolute Gasteiger partial charge is 0.339 e. The molecule has 0 aromatic heterocycles. The molecule has 0 radical (unpaired) electrons. The summed E-state index contributed by atoms with van der Waals surface area (Å²) in [7, 11) is 0. The number of terminal acetylenes is 1. The monoisotopic (exact) mass is 285 g/mol. The van der Waals surface area contributed by atoms with Crippen molar-refractivity contribution < 1.29 is 14.3 Å². The summed E-state index contributed by atoms with van der Waals surface area (Å²) < 4.78 is 11.0. The molecule has 21 heavy (non-hydrogen) atoms. The van der Waals surface area contributed by atoms with Crippen molar-refractivity contribution in [1.82, 2.24) is 0 Å². The van der Waals surface area contributed by atoms with E-state index >= 15 is 0 Å². The summed E-state index contributed by atoms with van der Waals surface area (Å²) >= 11 is 0. The number of carbonyl (C=O) groups is 1. The minimum Gasteiger partial charge on any atom is -0.474 e. The summed E-state index contributed by atoms with van der Waals surface area (Å²) in [6.45, 7) is 5.54. The Hall–Kier alpha value is -2.28. The quantitative estimate of drug-likeness (QED) is 0.633. The third kappa shape index (κ3) is 3.43. The lowest BCUT2D eigenvalue weighted by Crippen LogP contribution is -2.43. The standard InChI is InChI=1S/C17H19NO3/c1-5-11-17(15(19)21-16(2,3)4)12-20-14(18-17)13-9-7-6-8-10-13/h1,6-10H,11-12H2,2-4H3/t17-/m0/s1. The number of aliphatic imine (C=N–C) groups is 1. The van der Waals surface area contributed by atoms with Gasteiger partial charge in [0.15, 0.2) is 0 Å². The number of nitrogens with zero attached hydrogens (tertiary/aromatic N) is 1. The van der Waals surface area contributed by atoms with Crippen LogP contribution in [0.5, 0.6) is 0 Å². The molecule has 0 unspecified atom stereocenters. The Labute approximate surface area is 125 Å². The number of rotatable bonds is 3. The molecule has 0 fully saturated rings. The third-order valence-corrected chi connectivity index (χ3v) is 2.96. The number of hydrogen-bond donors (Lipinski definition) is 0. The first-order valence-electron chi connectivity index (χ1n) is 6.81. The van der Waals surface area contributed by atoms with Crippen molar-refractivity contribution in [1.29, 1.82) is 0 Å². The van der Waals surface area contributed by atoms with Gasteiger partial charge in [0.25, 0.3) is 0 Å². The highest BCUT2D eigenvalue weighted by molar-refractivity contribution is 5.99. The van der Waals surface area contributed by atoms with Crippen molar-refractivity contribution in [3.63, 3.8) is 0 Å². The van der Waals surface area contributed by atoms with Gasteiger partial charge in [0.2, 0.25) is 11.4 Å². The molecule has 1 aromatic rings. The molecule has 4 nitrogen and oxygen atoms in total. The highest BCUT2D eigenvalue weighted by Crippen LogP contribution is 2.28. The molecule has 1 aliphatic rings. The Morgan fingerprint density at radius 2 is 2.10 bits per heavy atom. The van der Waals surface area contributed by atoms with Crippen LogP contribution in [0.25, 0.3) is 0 Å². The number of benzene rings is 1. The van der Waals surface area contributed by atoms with E-state index in [9.17, 15) is 4.79 Å². The molecule has 0 bridgehead atoms. The highest BCUT2D eigenvalue weighted by atomic mass is 16.6. The van der Waals surface area contributed by atoms with Gasteiger partial charge < -0.3 is 9.47 Å². The molecule has 1 aromatic carbocycles. The Morgan fingerprint density at radius 3 is 2.67 bits per heavy atom. The summed E-state index contributed by atoms with van der Waals surface area (Å²) in [6.07, 6.45) is 5.55. The summed E-state index contributed by atoms with van der Waals surface area (Å²) in [4.78, 5) is 16.9. The fourth-order valence-electron chi connectivity index (χ4n) is 1.98. The zero-order valence-corrected chi connectivity index (χ0v) is 12.6. The minimum atomic E-state index is -1.15. The number of carbonyl (C=O) groups excluding carboxylic acids is 1. The zero-order chi connectivity index (χ0) is 15.5. The van der Waals surface area contributed by atoms with E-state index in [-0.39, 0.29) is 13.0 Å². The fraction of sp³-hybridized carbons (Fsp3) is 0.412. The molecular formula is C17H19NO3. The average Bonchev–Trinajstić information content (AvgIpc) is 2.84. The molecule has 0 aliphatic carbocycles. The number of esters is 1. The van der Waals surface area contributed by atoms with Crippen LogP contribution in [-0.4, -0.2) is 29.6 Å². The van der Waals surface area contributed by atoms with Crippen LogP contribution in [0.15, 0.2) is 35.3 Å². The largest absolute Gasteiger partial charge is 0.474 e. The minimum absolute atomic E-state index is 0.107. The number of ether oxygens (including phenoxy) is 2. The second-order valence-electron chi connectivity index (χ2n) is 5.99. The lowest BCUT2D eigenvalue weighted by molar-refractivity contribution is -0.161. The van der Waals surface area contributed by atoms with Gasteiger partial charge in [0, 0.05) is 12.0 Å². The molecule has 0 spiro atoms. The molecule has 1 atom stereocenters. The molecule has 2 rings (SSSR count). The van der Waals surface area contributed by atoms with E-state index in [2.05, 4.69) is 10.9 Å². The van der Waals surface area contributed by atoms with Crippen LogP contribution in [0, 0.1) is 12.3 Å². The second-order valence-corrected chi connectivity index (χ2v) is 5.99. The van der Waals surface area contributed by atoms with Crippen LogP contribution in [0.4, 0.5) is 0 Å². The van der Waals surface area contributed by atoms with Crippen molar-refractivity contribution in [3.8, 4) is 12.3 Å². The first-order valence-corrected chi connectivity index (χ1v) is 6.81. The number of hydrogen-bond acceptors (Lipinski definition) is 4. The van der Waals surface area contributed by atoms with E-state index in [0.717, 1.165) is 5.56 Å². The molecule has 110 valence electrons. The lowest BCUT2D eigenvalue weighted by Gasteiger charge is -2.26. The Bertz CT molecular complexity index is 593. The first-order chi connectivity index (χ1) is 9.86. The summed E-state index contributed by atoms with van der Waals surface area (Å²) in [5, 5.41) is 0. The van der Waals surface area contributed by atoms with Gasteiger partial charge in [-0.15, -0.1) is 12.3 Å². The summed E-state index contributed by atoms with van der Waals surface area (Å²) in [5.41, 5.74) is -0.920. The third-order valence-electron chi connectivity index (χ3n) is 2.96. The Kier molecular flexibility index (Phi) is 4.04. The van der Waals surface area contributed by atoms with Gasteiger partial charge in [-0.25, -0.2) is 9.79 Å². The average molecular weight is 285 g/mol. The molecule has 0 saturated heterocycles.